The zero-order valence-corrected chi connectivity index (χ0v) is 11.0. The SMILES string of the molecule is CS(=O)(=O)CCC(=O)NC1CCC(CO)CC1. The fraction of sp³-hybridized carbons (Fsp3) is 0.909. The maximum absolute atomic E-state index is 11.5. The number of sulfone groups is 1. The van der Waals surface area contributed by atoms with Crippen molar-refractivity contribution in [2.24, 2.45) is 5.92 Å². The average molecular weight is 263 g/mol. The molecule has 0 bridgehead atoms. The van der Waals surface area contributed by atoms with Gasteiger partial charge in [0, 0.05) is 25.3 Å². The summed E-state index contributed by atoms with van der Waals surface area (Å²) in [5.74, 6) is 0.0761. The molecule has 1 rings (SSSR count). The van der Waals surface area contributed by atoms with Gasteiger partial charge in [-0.1, -0.05) is 0 Å². The zero-order valence-electron chi connectivity index (χ0n) is 10.2. The highest BCUT2D eigenvalue weighted by Gasteiger charge is 2.21. The molecule has 0 aromatic heterocycles. The summed E-state index contributed by atoms with van der Waals surface area (Å²) in [6.45, 7) is 0.217. The molecular formula is C11H21NO4S. The number of carbonyl (C=O) groups is 1. The van der Waals surface area contributed by atoms with E-state index in [1.54, 1.807) is 0 Å². The van der Waals surface area contributed by atoms with Crippen LogP contribution in [-0.4, -0.2) is 44.1 Å². The van der Waals surface area contributed by atoms with Crippen LogP contribution in [0.4, 0.5) is 0 Å². The van der Waals surface area contributed by atoms with Crippen LogP contribution in [0.2, 0.25) is 0 Å². The summed E-state index contributed by atoms with van der Waals surface area (Å²) in [5.41, 5.74) is 0. The van der Waals surface area contributed by atoms with E-state index in [-0.39, 0.29) is 30.7 Å². The second kappa shape index (κ2) is 6.35. The Kier molecular flexibility index (Phi) is 5.39. The molecule has 1 amide bonds. The van der Waals surface area contributed by atoms with E-state index in [1.165, 1.54) is 0 Å². The van der Waals surface area contributed by atoms with Gasteiger partial charge in [0.25, 0.3) is 0 Å². The topological polar surface area (TPSA) is 83.5 Å². The summed E-state index contributed by atoms with van der Waals surface area (Å²) in [5, 5.41) is 11.8. The standard InChI is InChI=1S/C11H21NO4S/c1-17(15,16)7-6-11(14)12-10-4-2-9(8-13)3-5-10/h9-10,13H,2-8H2,1H3,(H,12,14). The van der Waals surface area contributed by atoms with Crippen molar-refractivity contribution in [3.8, 4) is 0 Å². The van der Waals surface area contributed by atoms with Crippen molar-refractivity contribution in [3.05, 3.63) is 0 Å². The Hall–Kier alpha value is -0.620. The summed E-state index contributed by atoms with van der Waals surface area (Å²) in [7, 11) is -3.07. The van der Waals surface area contributed by atoms with E-state index in [0.29, 0.717) is 5.92 Å². The smallest absolute Gasteiger partial charge is 0.221 e. The summed E-state index contributed by atoms with van der Waals surface area (Å²) in [4.78, 5) is 11.5. The Balaban J connectivity index is 2.24. The maximum atomic E-state index is 11.5. The van der Waals surface area contributed by atoms with E-state index >= 15 is 0 Å². The largest absolute Gasteiger partial charge is 0.396 e. The lowest BCUT2D eigenvalue weighted by atomic mass is 9.86. The summed E-state index contributed by atoms with van der Waals surface area (Å²) >= 11 is 0. The second-order valence-corrected chi connectivity index (χ2v) is 7.11. The fourth-order valence-electron chi connectivity index (χ4n) is 2.07. The van der Waals surface area contributed by atoms with Crippen molar-refractivity contribution in [2.75, 3.05) is 18.6 Å². The van der Waals surface area contributed by atoms with Crippen LogP contribution >= 0.6 is 0 Å². The molecule has 1 aliphatic carbocycles. The number of rotatable bonds is 5. The van der Waals surface area contributed by atoms with Crippen LogP contribution in [0, 0.1) is 5.92 Å². The van der Waals surface area contributed by atoms with Gasteiger partial charge in [-0.05, 0) is 31.6 Å². The maximum Gasteiger partial charge on any atom is 0.221 e. The first-order chi connectivity index (χ1) is 7.90. The molecule has 1 fully saturated rings. The predicted octanol–water partition coefficient (Wildman–Crippen LogP) is 0.0884. The Labute approximate surface area is 103 Å². The van der Waals surface area contributed by atoms with Gasteiger partial charge in [0.1, 0.15) is 9.84 Å². The third-order valence-corrected chi connectivity index (χ3v) is 4.12. The molecule has 0 spiro atoms. The number of amides is 1. The number of aliphatic hydroxyl groups excluding tert-OH is 1. The molecule has 0 heterocycles. The van der Waals surface area contributed by atoms with Crippen molar-refractivity contribution in [1.29, 1.82) is 0 Å². The molecule has 0 aliphatic heterocycles. The molecule has 0 aromatic rings. The van der Waals surface area contributed by atoms with Crippen LogP contribution in [0.25, 0.3) is 0 Å². The Morgan fingerprint density at radius 1 is 1.29 bits per heavy atom. The van der Waals surface area contributed by atoms with E-state index in [2.05, 4.69) is 5.32 Å². The van der Waals surface area contributed by atoms with Gasteiger partial charge in [0.15, 0.2) is 0 Å². The molecule has 6 heteroatoms. The highest BCUT2D eigenvalue weighted by atomic mass is 32.2. The first-order valence-electron chi connectivity index (χ1n) is 5.98. The van der Waals surface area contributed by atoms with Crippen LogP contribution in [0.3, 0.4) is 0 Å². The number of hydrogen-bond acceptors (Lipinski definition) is 4. The van der Waals surface area contributed by atoms with Crippen LogP contribution in [0.15, 0.2) is 0 Å². The summed E-state index contributed by atoms with van der Waals surface area (Å²) in [6.07, 6.45) is 4.76. The lowest BCUT2D eigenvalue weighted by molar-refractivity contribution is -0.121. The zero-order chi connectivity index (χ0) is 12.9. The first kappa shape index (κ1) is 14.4. The molecule has 0 unspecified atom stereocenters. The van der Waals surface area contributed by atoms with Gasteiger partial charge in [0.2, 0.25) is 5.91 Å². The molecule has 0 atom stereocenters. The molecule has 100 valence electrons. The summed E-state index contributed by atoms with van der Waals surface area (Å²) < 4.78 is 21.8. The van der Waals surface area contributed by atoms with Crippen molar-refractivity contribution >= 4 is 15.7 Å². The third kappa shape index (κ3) is 6.02. The van der Waals surface area contributed by atoms with Gasteiger partial charge in [-0.3, -0.25) is 4.79 Å². The minimum Gasteiger partial charge on any atom is -0.396 e. The van der Waals surface area contributed by atoms with Crippen LogP contribution < -0.4 is 5.32 Å². The van der Waals surface area contributed by atoms with E-state index < -0.39 is 9.84 Å². The monoisotopic (exact) mass is 263 g/mol. The molecule has 1 saturated carbocycles. The second-order valence-electron chi connectivity index (χ2n) is 4.85. The van der Waals surface area contributed by atoms with E-state index in [0.717, 1.165) is 31.9 Å². The molecule has 1 aliphatic rings. The molecular weight excluding hydrogens is 242 g/mol. The highest BCUT2D eigenvalue weighted by molar-refractivity contribution is 7.90. The molecule has 0 radical (unpaired) electrons. The normalized spacial score (nSPS) is 25.5. The van der Waals surface area contributed by atoms with Gasteiger partial charge in [-0.25, -0.2) is 8.42 Å². The number of hydrogen-bond donors (Lipinski definition) is 2. The van der Waals surface area contributed by atoms with E-state index in [9.17, 15) is 13.2 Å². The van der Waals surface area contributed by atoms with Gasteiger partial charge in [-0.15, -0.1) is 0 Å². The van der Waals surface area contributed by atoms with Crippen molar-refractivity contribution < 1.29 is 18.3 Å². The van der Waals surface area contributed by atoms with Gasteiger partial charge < -0.3 is 10.4 Å². The Morgan fingerprint density at radius 3 is 2.35 bits per heavy atom. The highest BCUT2D eigenvalue weighted by Crippen LogP contribution is 2.23. The quantitative estimate of drug-likeness (QED) is 0.736. The van der Waals surface area contributed by atoms with Crippen LogP contribution in [0.1, 0.15) is 32.1 Å². The van der Waals surface area contributed by atoms with Crippen LogP contribution in [-0.2, 0) is 14.6 Å². The average Bonchev–Trinajstić information content (AvgIpc) is 2.27. The van der Waals surface area contributed by atoms with Gasteiger partial charge >= 0.3 is 0 Å². The van der Waals surface area contributed by atoms with Crippen molar-refractivity contribution in [2.45, 2.75) is 38.1 Å². The number of carbonyl (C=O) groups excluding carboxylic acids is 1. The van der Waals surface area contributed by atoms with Crippen molar-refractivity contribution in [3.63, 3.8) is 0 Å². The van der Waals surface area contributed by atoms with Crippen LogP contribution in [0.5, 0.6) is 0 Å². The van der Waals surface area contributed by atoms with E-state index in [1.807, 2.05) is 0 Å². The first-order valence-corrected chi connectivity index (χ1v) is 8.04. The molecule has 17 heavy (non-hydrogen) atoms. The third-order valence-electron chi connectivity index (χ3n) is 3.17. The lowest BCUT2D eigenvalue weighted by Crippen LogP contribution is -2.38. The Bertz CT molecular complexity index is 344. The minimum absolute atomic E-state index is 0.0404. The number of aliphatic hydroxyl groups is 1. The molecule has 0 aromatic carbocycles. The van der Waals surface area contributed by atoms with Gasteiger partial charge in [0.05, 0.1) is 5.75 Å². The molecule has 5 nitrogen and oxygen atoms in total. The van der Waals surface area contributed by atoms with Crippen molar-refractivity contribution in [1.82, 2.24) is 5.32 Å². The minimum atomic E-state index is -3.07. The van der Waals surface area contributed by atoms with Gasteiger partial charge in [-0.2, -0.15) is 0 Å². The predicted molar refractivity (Wildman–Crippen MR) is 65.3 cm³/mol. The lowest BCUT2D eigenvalue weighted by Gasteiger charge is -2.27. The molecule has 2 N–H and O–H groups in total. The molecule has 0 saturated heterocycles. The Morgan fingerprint density at radius 2 is 1.88 bits per heavy atom. The van der Waals surface area contributed by atoms with E-state index in [4.69, 9.17) is 5.11 Å². The summed E-state index contributed by atoms with van der Waals surface area (Å²) in [6, 6.07) is 0.143. The number of nitrogens with one attached hydrogen (secondary N) is 1. The fourth-order valence-corrected chi connectivity index (χ4v) is 2.62.